The summed E-state index contributed by atoms with van der Waals surface area (Å²) in [6.45, 7) is 0. The van der Waals surface area contributed by atoms with E-state index >= 15 is 0 Å². The van der Waals surface area contributed by atoms with Crippen molar-refractivity contribution in [1.29, 1.82) is 0 Å². The smallest absolute Gasteiger partial charge is 0.106 e. The van der Waals surface area contributed by atoms with Gasteiger partial charge in [0, 0.05) is 0 Å². The van der Waals surface area contributed by atoms with Crippen molar-refractivity contribution in [3.05, 3.63) is 28.5 Å². The van der Waals surface area contributed by atoms with Crippen LogP contribution in [0.3, 0.4) is 0 Å². The van der Waals surface area contributed by atoms with Crippen LogP contribution in [0.15, 0.2) is 22.8 Å². The highest BCUT2D eigenvalue weighted by atomic mass is 79.9. The van der Waals surface area contributed by atoms with Gasteiger partial charge in [-0.1, -0.05) is 6.07 Å². The first-order chi connectivity index (χ1) is 5.71. The Hall–Kier alpha value is 0.170. The van der Waals surface area contributed by atoms with Crippen molar-refractivity contribution in [2.24, 2.45) is 5.73 Å². The number of aromatic nitrogens is 1. The molecule has 14 heavy (non-hydrogen) atoms. The molecule has 2 N–H and O–H groups in total. The van der Waals surface area contributed by atoms with Crippen molar-refractivity contribution in [1.82, 2.24) is 4.98 Å². The molecule has 0 radical (unpaired) electrons. The first-order valence-corrected chi connectivity index (χ1v) is 4.92. The second-order valence-electron chi connectivity index (χ2n) is 3.36. The van der Waals surface area contributed by atoms with Crippen LogP contribution < -0.4 is 5.73 Å². The lowest BCUT2D eigenvalue weighted by Crippen LogP contribution is -2.44. The maximum atomic E-state index is 6.11. The highest BCUT2D eigenvalue weighted by Gasteiger charge is 2.35. The molecule has 0 atom stereocenters. The zero-order valence-electron chi connectivity index (χ0n) is 7.57. The van der Waals surface area contributed by atoms with Gasteiger partial charge >= 0.3 is 0 Å². The SMILES string of the molecule is Cl.Cl.NC1(c2cccc(Br)n2)CCC1. The Kier molecular flexibility index (Phi) is 5.37. The standard InChI is InChI=1S/C9H11BrN2.2ClH/c10-8-4-1-3-7(12-8)9(11)5-2-6-9;;/h1,3-4H,2,5-6,11H2;2*1H. The van der Waals surface area contributed by atoms with Crippen LogP contribution >= 0.6 is 40.7 Å². The lowest BCUT2D eigenvalue weighted by molar-refractivity contribution is 0.246. The van der Waals surface area contributed by atoms with Crippen LogP contribution in [0.1, 0.15) is 25.0 Å². The first-order valence-electron chi connectivity index (χ1n) is 4.13. The maximum absolute atomic E-state index is 6.11. The number of nitrogens with two attached hydrogens (primary N) is 1. The molecule has 0 saturated heterocycles. The molecule has 2 rings (SSSR count). The molecule has 80 valence electrons. The quantitative estimate of drug-likeness (QED) is 0.810. The van der Waals surface area contributed by atoms with Crippen LogP contribution in [0.25, 0.3) is 0 Å². The average molecular weight is 300 g/mol. The molecular formula is C9H13BrCl2N2. The Labute approximate surface area is 105 Å². The minimum Gasteiger partial charge on any atom is -0.320 e. The summed E-state index contributed by atoms with van der Waals surface area (Å²) in [7, 11) is 0. The van der Waals surface area contributed by atoms with Gasteiger partial charge in [0.05, 0.1) is 11.2 Å². The van der Waals surface area contributed by atoms with Gasteiger partial charge in [-0.3, -0.25) is 0 Å². The summed E-state index contributed by atoms with van der Waals surface area (Å²) in [4.78, 5) is 4.36. The fraction of sp³-hybridized carbons (Fsp3) is 0.444. The minimum absolute atomic E-state index is 0. The zero-order chi connectivity index (χ0) is 8.60. The summed E-state index contributed by atoms with van der Waals surface area (Å²) >= 11 is 3.34. The third-order valence-electron chi connectivity index (χ3n) is 2.47. The van der Waals surface area contributed by atoms with Gasteiger partial charge < -0.3 is 5.73 Å². The topological polar surface area (TPSA) is 38.9 Å². The van der Waals surface area contributed by atoms with Crippen molar-refractivity contribution in [2.75, 3.05) is 0 Å². The van der Waals surface area contributed by atoms with Crippen LogP contribution in [-0.4, -0.2) is 4.98 Å². The van der Waals surface area contributed by atoms with E-state index < -0.39 is 0 Å². The van der Waals surface area contributed by atoms with E-state index in [1.54, 1.807) is 0 Å². The van der Waals surface area contributed by atoms with Gasteiger partial charge in [-0.05, 0) is 47.3 Å². The molecule has 1 aliphatic rings. The minimum atomic E-state index is -0.135. The van der Waals surface area contributed by atoms with Gasteiger partial charge in [-0.15, -0.1) is 24.8 Å². The van der Waals surface area contributed by atoms with Crippen molar-refractivity contribution in [3.63, 3.8) is 0 Å². The van der Waals surface area contributed by atoms with Gasteiger partial charge in [0.15, 0.2) is 0 Å². The third kappa shape index (κ3) is 2.60. The molecule has 1 aliphatic carbocycles. The summed E-state index contributed by atoms with van der Waals surface area (Å²) in [5, 5.41) is 0. The third-order valence-corrected chi connectivity index (χ3v) is 2.91. The van der Waals surface area contributed by atoms with Gasteiger partial charge in [0.1, 0.15) is 4.60 Å². The maximum Gasteiger partial charge on any atom is 0.106 e. The molecule has 0 aliphatic heterocycles. The highest BCUT2D eigenvalue weighted by molar-refractivity contribution is 9.10. The Bertz CT molecular complexity index is 303. The van der Waals surface area contributed by atoms with E-state index in [0.29, 0.717) is 0 Å². The molecule has 1 aromatic rings. The summed E-state index contributed by atoms with van der Waals surface area (Å²) < 4.78 is 0.872. The molecule has 5 heteroatoms. The molecule has 1 aromatic heterocycles. The van der Waals surface area contributed by atoms with Crippen LogP contribution in [0.4, 0.5) is 0 Å². The summed E-state index contributed by atoms with van der Waals surface area (Å²) in [6, 6.07) is 5.91. The lowest BCUT2D eigenvalue weighted by Gasteiger charge is -2.37. The number of hydrogen-bond donors (Lipinski definition) is 1. The second-order valence-corrected chi connectivity index (χ2v) is 4.17. The summed E-state index contributed by atoms with van der Waals surface area (Å²) in [6.07, 6.45) is 3.36. The second kappa shape index (κ2) is 5.31. The molecule has 1 heterocycles. The number of pyridine rings is 1. The molecule has 1 saturated carbocycles. The molecule has 0 aromatic carbocycles. The van der Waals surface area contributed by atoms with Gasteiger partial charge in [0.2, 0.25) is 0 Å². The molecule has 2 nitrogen and oxygen atoms in total. The van der Waals surface area contributed by atoms with E-state index in [1.165, 1.54) is 6.42 Å². The predicted molar refractivity (Wildman–Crippen MR) is 66.1 cm³/mol. The van der Waals surface area contributed by atoms with E-state index in [-0.39, 0.29) is 30.4 Å². The molecule has 1 fully saturated rings. The van der Waals surface area contributed by atoms with E-state index in [1.807, 2.05) is 18.2 Å². The molecule has 0 amide bonds. The number of hydrogen-bond acceptors (Lipinski definition) is 2. The van der Waals surface area contributed by atoms with E-state index in [2.05, 4.69) is 20.9 Å². The van der Waals surface area contributed by atoms with E-state index in [9.17, 15) is 0 Å². The lowest BCUT2D eigenvalue weighted by atomic mass is 9.75. The van der Waals surface area contributed by atoms with Crippen molar-refractivity contribution in [2.45, 2.75) is 24.8 Å². The number of halogens is 3. The molecular weight excluding hydrogens is 287 g/mol. The van der Waals surface area contributed by atoms with Crippen LogP contribution in [-0.2, 0) is 5.54 Å². The van der Waals surface area contributed by atoms with Gasteiger partial charge in [-0.25, -0.2) is 4.98 Å². The largest absolute Gasteiger partial charge is 0.320 e. The fourth-order valence-electron chi connectivity index (χ4n) is 1.50. The van der Waals surface area contributed by atoms with Crippen LogP contribution in [0.5, 0.6) is 0 Å². The Balaban J connectivity index is 0.000000845. The van der Waals surface area contributed by atoms with Gasteiger partial charge in [-0.2, -0.15) is 0 Å². The molecule has 0 unspecified atom stereocenters. The van der Waals surface area contributed by atoms with Gasteiger partial charge in [0.25, 0.3) is 0 Å². The Morgan fingerprint density at radius 2 is 1.93 bits per heavy atom. The first kappa shape index (κ1) is 14.2. The predicted octanol–water partition coefficient (Wildman–Crippen LogP) is 3.03. The zero-order valence-corrected chi connectivity index (χ0v) is 10.8. The van der Waals surface area contributed by atoms with Crippen molar-refractivity contribution < 1.29 is 0 Å². The number of rotatable bonds is 1. The fourth-order valence-corrected chi connectivity index (χ4v) is 1.84. The normalized spacial score (nSPS) is 17.3. The molecule has 0 spiro atoms. The molecule has 0 bridgehead atoms. The highest BCUT2D eigenvalue weighted by Crippen LogP contribution is 2.37. The Morgan fingerprint density at radius 1 is 1.29 bits per heavy atom. The van der Waals surface area contributed by atoms with Crippen molar-refractivity contribution >= 4 is 40.7 Å². The van der Waals surface area contributed by atoms with Crippen molar-refractivity contribution in [3.8, 4) is 0 Å². The van der Waals surface area contributed by atoms with E-state index in [0.717, 1.165) is 23.1 Å². The summed E-state index contributed by atoms with van der Waals surface area (Å²) in [5.74, 6) is 0. The summed E-state index contributed by atoms with van der Waals surface area (Å²) in [5.41, 5.74) is 6.99. The van der Waals surface area contributed by atoms with Crippen LogP contribution in [0, 0.1) is 0 Å². The monoisotopic (exact) mass is 298 g/mol. The average Bonchev–Trinajstić information content (AvgIpc) is 2.00. The van der Waals surface area contributed by atoms with Crippen LogP contribution in [0.2, 0.25) is 0 Å². The van der Waals surface area contributed by atoms with E-state index in [4.69, 9.17) is 5.73 Å². The number of nitrogens with zero attached hydrogens (tertiary/aromatic N) is 1. The Morgan fingerprint density at radius 3 is 2.36 bits per heavy atom.